The van der Waals surface area contributed by atoms with Gasteiger partial charge in [0.25, 0.3) is 5.91 Å². The molecule has 0 radical (unpaired) electrons. The average molecular weight is 290 g/mol. The second-order valence-corrected chi connectivity index (χ2v) is 4.55. The average Bonchev–Trinajstić information content (AvgIpc) is 2.96. The van der Waals surface area contributed by atoms with Crippen molar-refractivity contribution in [2.24, 2.45) is 0 Å². The van der Waals surface area contributed by atoms with Gasteiger partial charge in [-0.2, -0.15) is 0 Å². The van der Waals surface area contributed by atoms with Crippen LogP contribution in [0, 0.1) is 0 Å². The maximum atomic E-state index is 12.4. The van der Waals surface area contributed by atoms with Crippen molar-refractivity contribution < 1.29 is 19.2 Å². The van der Waals surface area contributed by atoms with Crippen LogP contribution in [-0.4, -0.2) is 41.3 Å². The maximum absolute atomic E-state index is 12.4. The van der Waals surface area contributed by atoms with Gasteiger partial charge in [0, 0.05) is 26.3 Å². The Hall–Kier alpha value is -2.18. The molecule has 0 spiro atoms. The summed E-state index contributed by atoms with van der Waals surface area (Å²) in [6.45, 7) is 0.799. The number of benzene rings is 1. The van der Waals surface area contributed by atoms with Crippen LogP contribution in [0.5, 0.6) is 0 Å². The quantitative estimate of drug-likeness (QED) is 0.835. The summed E-state index contributed by atoms with van der Waals surface area (Å²) < 4.78 is 9.95. The number of aromatic nitrogens is 1. The molecule has 6 nitrogen and oxygen atoms in total. The van der Waals surface area contributed by atoms with E-state index in [2.05, 4.69) is 5.16 Å². The lowest BCUT2D eigenvalue weighted by Crippen LogP contribution is -2.33. The second kappa shape index (κ2) is 7.56. The molecule has 0 aliphatic carbocycles. The van der Waals surface area contributed by atoms with E-state index in [1.807, 2.05) is 30.3 Å². The molecule has 0 bridgehead atoms. The molecule has 1 amide bonds. The van der Waals surface area contributed by atoms with E-state index in [0.29, 0.717) is 12.3 Å². The highest BCUT2D eigenvalue weighted by atomic mass is 16.5. The summed E-state index contributed by atoms with van der Waals surface area (Å²) in [7, 11) is 1.54. The fraction of sp³-hybridized carbons (Fsp3) is 0.333. The van der Waals surface area contributed by atoms with Gasteiger partial charge < -0.3 is 19.3 Å². The molecule has 2 aromatic rings. The fourth-order valence-electron chi connectivity index (χ4n) is 1.96. The van der Waals surface area contributed by atoms with Crippen LogP contribution in [0.15, 0.2) is 40.9 Å². The van der Waals surface area contributed by atoms with E-state index < -0.39 is 0 Å². The summed E-state index contributed by atoms with van der Waals surface area (Å²) in [5.41, 5.74) is 1.20. The Morgan fingerprint density at radius 2 is 2.14 bits per heavy atom. The molecule has 2 rings (SSSR count). The zero-order valence-corrected chi connectivity index (χ0v) is 11.9. The standard InChI is InChI=1S/C15H18N2O4/c1-20-11-13-9-14(16-21-13)15(19)17(7-8-18)10-12-5-3-2-4-6-12/h2-6,9,18H,7-8,10-11H2,1H3. The monoisotopic (exact) mass is 290 g/mol. The lowest BCUT2D eigenvalue weighted by Gasteiger charge is -2.20. The third-order valence-electron chi connectivity index (χ3n) is 2.94. The number of rotatable bonds is 7. The SMILES string of the molecule is COCc1cc(C(=O)N(CCO)Cc2ccccc2)no1. The molecular formula is C15H18N2O4. The van der Waals surface area contributed by atoms with Gasteiger partial charge in [-0.1, -0.05) is 35.5 Å². The lowest BCUT2D eigenvalue weighted by molar-refractivity contribution is 0.0697. The first-order valence-corrected chi connectivity index (χ1v) is 6.63. The third-order valence-corrected chi connectivity index (χ3v) is 2.94. The molecule has 0 atom stereocenters. The molecule has 0 fully saturated rings. The molecule has 1 N–H and O–H groups in total. The predicted molar refractivity (Wildman–Crippen MR) is 75.5 cm³/mol. The number of hydrogen-bond acceptors (Lipinski definition) is 5. The minimum atomic E-state index is -0.279. The summed E-state index contributed by atoms with van der Waals surface area (Å²) in [4.78, 5) is 13.9. The largest absolute Gasteiger partial charge is 0.395 e. The zero-order valence-electron chi connectivity index (χ0n) is 11.9. The highest BCUT2D eigenvalue weighted by Crippen LogP contribution is 2.11. The number of methoxy groups -OCH3 is 1. The lowest BCUT2D eigenvalue weighted by atomic mass is 10.2. The number of carbonyl (C=O) groups is 1. The molecule has 0 unspecified atom stereocenters. The van der Waals surface area contributed by atoms with Gasteiger partial charge in [0.05, 0.1) is 6.61 Å². The Balaban J connectivity index is 2.10. The van der Waals surface area contributed by atoms with Gasteiger partial charge in [-0.05, 0) is 5.56 Å². The van der Waals surface area contributed by atoms with E-state index in [4.69, 9.17) is 14.4 Å². The van der Waals surface area contributed by atoms with Crippen molar-refractivity contribution in [1.29, 1.82) is 0 Å². The number of nitrogens with zero attached hydrogens (tertiary/aromatic N) is 2. The smallest absolute Gasteiger partial charge is 0.276 e. The van der Waals surface area contributed by atoms with Crippen LogP contribution in [0.4, 0.5) is 0 Å². The molecule has 1 heterocycles. The van der Waals surface area contributed by atoms with Crippen molar-refractivity contribution >= 4 is 5.91 Å². The van der Waals surface area contributed by atoms with Crippen LogP contribution in [0.1, 0.15) is 21.8 Å². The summed E-state index contributed by atoms with van der Waals surface area (Å²) in [6, 6.07) is 11.1. The highest BCUT2D eigenvalue weighted by Gasteiger charge is 2.19. The van der Waals surface area contributed by atoms with Gasteiger partial charge in [-0.25, -0.2) is 0 Å². The Kier molecular flexibility index (Phi) is 5.48. The Labute approximate surface area is 122 Å². The van der Waals surface area contributed by atoms with Gasteiger partial charge in [0.15, 0.2) is 11.5 Å². The van der Waals surface area contributed by atoms with Gasteiger partial charge in [0.1, 0.15) is 6.61 Å². The predicted octanol–water partition coefficient (Wildman–Crippen LogP) is 1.46. The van der Waals surface area contributed by atoms with E-state index in [1.54, 1.807) is 6.07 Å². The van der Waals surface area contributed by atoms with Crippen molar-refractivity contribution in [3.05, 3.63) is 53.4 Å². The number of amides is 1. The van der Waals surface area contributed by atoms with E-state index in [-0.39, 0.29) is 31.4 Å². The fourth-order valence-corrected chi connectivity index (χ4v) is 1.96. The summed E-state index contributed by atoms with van der Waals surface area (Å²) in [5, 5.41) is 12.9. The van der Waals surface area contributed by atoms with Crippen LogP contribution in [-0.2, 0) is 17.9 Å². The van der Waals surface area contributed by atoms with E-state index in [9.17, 15) is 4.79 Å². The molecule has 0 aliphatic rings. The van der Waals surface area contributed by atoms with Crippen LogP contribution < -0.4 is 0 Å². The van der Waals surface area contributed by atoms with E-state index in [1.165, 1.54) is 12.0 Å². The first kappa shape index (κ1) is 15.2. The molecule has 6 heteroatoms. The molecule has 0 saturated heterocycles. The summed E-state index contributed by atoms with van der Waals surface area (Å²) >= 11 is 0. The first-order chi connectivity index (χ1) is 10.2. The van der Waals surface area contributed by atoms with Crippen LogP contribution in [0.25, 0.3) is 0 Å². The van der Waals surface area contributed by atoms with E-state index >= 15 is 0 Å². The maximum Gasteiger partial charge on any atom is 0.276 e. The Bertz CT molecular complexity index is 568. The second-order valence-electron chi connectivity index (χ2n) is 4.55. The van der Waals surface area contributed by atoms with Gasteiger partial charge in [0.2, 0.25) is 0 Å². The number of aliphatic hydroxyl groups excluding tert-OH is 1. The normalized spacial score (nSPS) is 10.6. The topological polar surface area (TPSA) is 75.8 Å². The van der Waals surface area contributed by atoms with Crippen molar-refractivity contribution in [2.45, 2.75) is 13.2 Å². The van der Waals surface area contributed by atoms with Crippen LogP contribution in [0.3, 0.4) is 0 Å². The molecular weight excluding hydrogens is 272 g/mol. The molecule has 0 aliphatic heterocycles. The molecule has 21 heavy (non-hydrogen) atoms. The molecule has 0 saturated carbocycles. The van der Waals surface area contributed by atoms with Gasteiger partial charge in [-0.15, -0.1) is 0 Å². The number of ether oxygens (including phenoxy) is 1. The Morgan fingerprint density at radius 1 is 1.38 bits per heavy atom. The highest BCUT2D eigenvalue weighted by molar-refractivity contribution is 5.92. The van der Waals surface area contributed by atoms with Crippen molar-refractivity contribution in [1.82, 2.24) is 10.1 Å². The minimum absolute atomic E-state index is 0.110. The minimum Gasteiger partial charge on any atom is -0.395 e. The summed E-state index contributed by atoms with van der Waals surface area (Å²) in [6.07, 6.45) is 0. The van der Waals surface area contributed by atoms with Crippen molar-refractivity contribution in [2.75, 3.05) is 20.3 Å². The molecule has 1 aromatic carbocycles. The Morgan fingerprint density at radius 3 is 2.81 bits per heavy atom. The zero-order chi connectivity index (χ0) is 15.1. The van der Waals surface area contributed by atoms with Crippen LogP contribution in [0.2, 0.25) is 0 Å². The van der Waals surface area contributed by atoms with Crippen LogP contribution >= 0.6 is 0 Å². The number of carbonyl (C=O) groups excluding carboxylic acids is 1. The van der Waals surface area contributed by atoms with Crippen molar-refractivity contribution in [3.63, 3.8) is 0 Å². The van der Waals surface area contributed by atoms with Gasteiger partial charge >= 0.3 is 0 Å². The van der Waals surface area contributed by atoms with Crippen molar-refractivity contribution in [3.8, 4) is 0 Å². The third kappa shape index (κ3) is 4.14. The van der Waals surface area contributed by atoms with Gasteiger partial charge in [-0.3, -0.25) is 4.79 Å². The first-order valence-electron chi connectivity index (χ1n) is 6.63. The summed E-state index contributed by atoms with van der Waals surface area (Å²) in [5.74, 6) is 0.212. The van der Waals surface area contributed by atoms with E-state index in [0.717, 1.165) is 5.56 Å². The number of hydrogen-bond donors (Lipinski definition) is 1. The molecule has 112 valence electrons. The number of aliphatic hydroxyl groups is 1. The molecule has 1 aromatic heterocycles.